The normalized spacial score (nSPS) is 35.1. The van der Waals surface area contributed by atoms with Crippen molar-refractivity contribution < 1.29 is 14.3 Å². The molecule has 3 rings (SSSR count). The first kappa shape index (κ1) is 10.7. The van der Waals surface area contributed by atoms with Gasteiger partial charge in [-0.25, -0.2) is 4.39 Å². The summed E-state index contributed by atoms with van der Waals surface area (Å²) in [7, 11) is 0. The van der Waals surface area contributed by atoms with Gasteiger partial charge >= 0.3 is 0 Å². The zero-order chi connectivity index (χ0) is 12.1. The van der Waals surface area contributed by atoms with Gasteiger partial charge in [0.15, 0.2) is 0 Å². The molecule has 0 bridgehead atoms. The number of rotatable bonds is 1. The van der Waals surface area contributed by atoms with Crippen molar-refractivity contribution in [2.75, 3.05) is 6.61 Å². The largest absolute Gasteiger partial charge is 0.392 e. The van der Waals surface area contributed by atoms with Crippen LogP contribution in [0.5, 0.6) is 0 Å². The highest BCUT2D eigenvalue weighted by atomic mass is 19.1. The van der Waals surface area contributed by atoms with Crippen LogP contribution < -0.4 is 5.32 Å². The molecular weight excluding hydrogens is 221 g/mol. The van der Waals surface area contributed by atoms with Crippen LogP contribution in [0.3, 0.4) is 0 Å². The number of fused-ring (bicyclic) bond motifs is 2. The van der Waals surface area contributed by atoms with Crippen molar-refractivity contribution in [1.82, 2.24) is 5.32 Å². The summed E-state index contributed by atoms with van der Waals surface area (Å²) >= 11 is 0. The fraction of sp³-hybridized carbons (Fsp3) is 0.462. The Morgan fingerprint density at radius 3 is 2.76 bits per heavy atom. The van der Waals surface area contributed by atoms with Crippen molar-refractivity contribution in [2.24, 2.45) is 0 Å². The van der Waals surface area contributed by atoms with Gasteiger partial charge in [0.25, 0.3) is 5.91 Å². The molecule has 0 saturated carbocycles. The van der Waals surface area contributed by atoms with Crippen LogP contribution in [0.15, 0.2) is 24.3 Å². The summed E-state index contributed by atoms with van der Waals surface area (Å²) in [5.74, 6) is -0.680. The van der Waals surface area contributed by atoms with Crippen LogP contribution in [0.1, 0.15) is 24.0 Å². The fourth-order valence-electron chi connectivity index (χ4n) is 2.86. The van der Waals surface area contributed by atoms with Gasteiger partial charge in [-0.05, 0) is 24.0 Å². The Balaban J connectivity index is 1.89. The number of halogens is 1. The molecule has 0 aromatic heterocycles. The SMILES string of the molecule is O=C1N[C@]2(CCC1(F)CO)Cc1ccccc12. The number of amides is 1. The highest BCUT2D eigenvalue weighted by molar-refractivity contribution is 5.87. The maximum atomic E-state index is 13.9. The second-order valence-electron chi connectivity index (χ2n) is 4.99. The molecule has 1 fully saturated rings. The molecule has 4 heteroatoms. The van der Waals surface area contributed by atoms with E-state index >= 15 is 0 Å². The highest BCUT2D eigenvalue weighted by Gasteiger charge is 2.53. The first-order chi connectivity index (χ1) is 8.10. The van der Waals surface area contributed by atoms with Crippen molar-refractivity contribution >= 4 is 5.91 Å². The number of hydrogen-bond acceptors (Lipinski definition) is 2. The average Bonchev–Trinajstić information content (AvgIpc) is 2.32. The molecule has 1 saturated heterocycles. The number of benzene rings is 1. The average molecular weight is 235 g/mol. The zero-order valence-electron chi connectivity index (χ0n) is 9.37. The van der Waals surface area contributed by atoms with E-state index in [0.717, 1.165) is 12.0 Å². The maximum absolute atomic E-state index is 13.9. The van der Waals surface area contributed by atoms with Gasteiger partial charge < -0.3 is 10.4 Å². The summed E-state index contributed by atoms with van der Waals surface area (Å²) < 4.78 is 13.9. The van der Waals surface area contributed by atoms with Gasteiger partial charge in [-0.2, -0.15) is 0 Å². The van der Waals surface area contributed by atoms with Crippen molar-refractivity contribution in [3.8, 4) is 0 Å². The first-order valence-electron chi connectivity index (χ1n) is 5.80. The van der Waals surface area contributed by atoms with Crippen LogP contribution in [0.25, 0.3) is 0 Å². The maximum Gasteiger partial charge on any atom is 0.260 e. The second-order valence-corrected chi connectivity index (χ2v) is 4.99. The van der Waals surface area contributed by atoms with E-state index in [-0.39, 0.29) is 6.42 Å². The summed E-state index contributed by atoms with van der Waals surface area (Å²) in [5.41, 5.74) is -0.190. The van der Waals surface area contributed by atoms with Crippen LogP contribution in [-0.4, -0.2) is 23.3 Å². The Hall–Kier alpha value is -1.42. The van der Waals surface area contributed by atoms with Gasteiger partial charge in [0.1, 0.15) is 0 Å². The molecule has 2 atom stereocenters. The molecule has 1 aromatic rings. The van der Waals surface area contributed by atoms with Crippen LogP contribution in [0, 0.1) is 0 Å². The van der Waals surface area contributed by atoms with Crippen LogP contribution in [0.2, 0.25) is 0 Å². The predicted octanol–water partition coefficient (Wildman–Crippen LogP) is 1.05. The third-order valence-electron chi connectivity index (χ3n) is 3.98. The van der Waals surface area contributed by atoms with E-state index in [1.807, 2.05) is 24.3 Å². The van der Waals surface area contributed by atoms with E-state index < -0.39 is 23.7 Å². The van der Waals surface area contributed by atoms with Gasteiger partial charge in [-0.3, -0.25) is 4.79 Å². The topological polar surface area (TPSA) is 49.3 Å². The second kappa shape index (κ2) is 3.29. The van der Waals surface area contributed by atoms with Gasteiger partial charge in [0, 0.05) is 6.42 Å². The molecule has 90 valence electrons. The van der Waals surface area contributed by atoms with Gasteiger partial charge in [-0.1, -0.05) is 24.3 Å². The number of aliphatic hydroxyl groups excluding tert-OH is 1. The fourth-order valence-corrected chi connectivity index (χ4v) is 2.86. The summed E-state index contributed by atoms with van der Waals surface area (Å²) in [5, 5.41) is 11.7. The van der Waals surface area contributed by atoms with Crippen molar-refractivity contribution in [3.05, 3.63) is 35.4 Å². The lowest BCUT2D eigenvalue weighted by molar-refractivity contribution is -0.143. The number of carbonyl (C=O) groups is 1. The Morgan fingerprint density at radius 1 is 1.35 bits per heavy atom. The Kier molecular flexibility index (Phi) is 2.08. The lowest BCUT2D eigenvalue weighted by atomic mass is 9.65. The molecule has 1 heterocycles. The van der Waals surface area contributed by atoms with E-state index in [1.54, 1.807) is 0 Å². The number of piperidine rings is 1. The Morgan fingerprint density at radius 2 is 2.12 bits per heavy atom. The van der Waals surface area contributed by atoms with Crippen LogP contribution in [-0.2, 0) is 16.8 Å². The summed E-state index contributed by atoms with van der Waals surface area (Å²) in [6.45, 7) is -0.740. The minimum Gasteiger partial charge on any atom is -0.392 e. The lowest BCUT2D eigenvalue weighted by Crippen LogP contribution is -2.63. The number of hydrogen-bond donors (Lipinski definition) is 2. The highest BCUT2D eigenvalue weighted by Crippen LogP contribution is 2.46. The molecule has 1 amide bonds. The molecule has 0 radical (unpaired) electrons. The van der Waals surface area contributed by atoms with E-state index in [1.165, 1.54) is 5.56 Å². The minimum absolute atomic E-state index is 0.0870. The predicted molar refractivity (Wildman–Crippen MR) is 60.1 cm³/mol. The molecule has 1 aliphatic carbocycles. The molecule has 1 unspecified atom stereocenters. The molecule has 1 aromatic carbocycles. The zero-order valence-corrected chi connectivity index (χ0v) is 9.37. The number of aliphatic hydroxyl groups is 1. The standard InChI is InChI=1S/C13H14FNO2/c14-12(8-16)5-6-13(15-11(12)17)7-9-3-1-2-4-10(9)13/h1-4,16H,5-8H2,(H,15,17)/t12?,13-/m1/s1. The monoisotopic (exact) mass is 235 g/mol. The quantitative estimate of drug-likeness (QED) is 0.764. The van der Waals surface area contributed by atoms with Gasteiger partial charge in [0.2, 0.25) is 5.67 Å². The molecule has 3 nitrogen and oxygen atoms in total. The molecule has 1 aliphatic heterocycles. The summed E-state index contributed by atoms with van der Waals surface area (Å²) in [6, 6.07) is 7.89. The van der Waals surface area contributed by atoms with E-state index in [0.29, 0.717) is 6.42 Å². The number of carbonyl (C=O) groups excluding carboxylic acids is 1. The molecule has 2 aliphatic rings. The Bertz CT molecular complexity index is 490. The van der Waals surface area contributed by atoms with Crippen LogP contribution in [0.4, 0.5) is 4.39 Å². The summed E-state index contributed by atoms with van der Waals surface area (Å²) in [6.07, 6.45) is 1.40. The smallest absolute Gasteiger partial charge is 0.260 e. The molecular formula is C13H14FNO2. The van der Waals surface area contributed by atoms with E-state index in [4.69, 9.17) is 5.11 Å². The van der Waals surface area contributed by atoms with Gasteiger partial charge in [-0.15, -0.1) is 0 Å². The Labute approximate surface area is 98.6 Å². The lowest BCUT2D eigenvalue weighted by Gasteiger charge is -2.49. The third-order valence-corrected chi connectivity index (χ3v) is 3.98. The number of alkyl halides is 1. The number of nitrogens with one attached hydrogen (secondary N) is 1. The van der Waals surface area contributed by atoms with Crippen molar-refractivity contribution in [2.45, 2.75) is 30.5 Å². The van der Waals surface area contributed by atoms with E-state index in [2.05, 4.69) is 5.32 Å². The third kappa shape index (κ3) is 1.33. The van der Waals surface area contributed by atoms with Crippen molar-refractivity contribution in [3.63, 3.8) is 0 Å². The summed E-state index contributed by atoms with van der Waals surface area (Å²) in [4.78, 5) is 11.7. The molecule has 2 N–H and O–H groups in total. The molecule has 17 heavy (non-hydrogen) atoms. The van der Waals surface area contributed by atoms with Gasteiger partial charge in [0.05, 0.1) is 12.1 Å². The molecule has 1 spiro atoms. The van der Waals surface area contributed by atoms with E-state index in [9.17, 15) is 9.18 Å². The van der Waals surface area contributed by atoms with Crippen molar-refractivity contribution in [1.29, 1.82) is 0 Å². The minimum atomic E-state index is -2.10. The van der Waals surface area contributed by atoms with Crippen LogP contribution >= 0.6 is 0 Å². The first-order valence-corrected chi connectivity index (χ1v) is 5.80.